The van der Waals surface area contributed by atoms with E-state index in [9.17, 15) is 18.0 Å². The van der Waals surface area contributed by atoms with Crippen molar-refractivity contribution in [1.29, 1.82) is 0 Å². The van der Waals surface area contributed by atoms with Gasteiger partial charge in [-0.15, -0.1) is 0 Å². The Morgan fingerprint density at radius 1 is 1.24 bits per heavy atom. The van der Waals surface area contributed by atoms with Crippen LogP contribution in [0.25, 0.3) is 0 Å². The summed E-state index contributed by atoms with van der Waals surface area (Å²) >= 11 is 5.79. The van der Waals surface area contributed by atoms with Crippen LogP contribution in [0.3, 0.4) is 0 Å². The minimum Gasteiger partial charge on any atom is -0.450 e. The number of sulfonamides is 1. The number of benzene rings is 1. The molecule has 0 saturated carbocycles. The van der Waals surface area contributed by atoms with Gasteiger partial charge in [-0.25, -0.2) is 13.2 Å². The molecule has 2 N–H and O–H groups in total. The molecule has 1 aliphatic rings. The summed E-state index contributed by atoms with van der Waals surface area (Å²) in [6, 6.07) is 6.03. The number of hydrogen-bond acceptors (Lipinski definition) is 5. The third kappa shape index (κ3) is 5.40. The van der Waals surface area contributed by atoms with Crippen molar-refractivity contribution in [2.24, 2.45) is 0 Å². The van der Waals surface area contributed by atoms with E-state index in [4.69, 9.17) is 11.6 Å². The lowest BCUT2D eigenvalue weighted by molar-refractivity contribution is -0.895. The highest BCUT2D eigenvalue weighted by Gasteiger charge is 2.31. The van der Waals surface area contributed by atoms with Gasteiger partial charge in [0.1, 0.15) is 0 Å². The molecular formula is C15H21ClN3O5S+. The fourth-order valence-corrected chi connectivity index (χ4v) is 4.09. The molecule has 2 amide bonds. The van der Waals surface area contributed by atoms with Crippen LogP contribution in [0.1, 0.15) is 6.92 Å². The van der Waals surface area contributed by atoms with E-state index in [-0.39, 0.29) is 18.0 Å². The predicted molar refractivity (Wildman–Crippen MR) is 90.9 cm³/mol. The van der Waals surface area contributed by atoms with E-state index in [2.05, 4.69) is 10.1 Å². The van der Waals surface area contributed by atoms with Crippen LogP contribution < -0.4 is 10.2 Å². The standard InChI is InChI=1S/C15H20ClN3O5S/c1-2-24-15(21)17-14(20)11-18-7-9-19(10-8-18)25(22,23)13-5-3-12(16)4-6-13/h3-6H,2,7-11H2,1H3,(H,17,20,21)/p+1. The van der Waals surface area contributed by atoms with E-state index in [1.807, 2.05) is 0 Å². The van der Waals surface area contributed by atoms with Crippen molar-refractivity contribution in [3.8, 4) is 0 Å². The Hall–Kier alpha value is -1.68. The smallest absolute Gasteiger partial charge is 0.414 e. The fraction of sp³-hybridized carbons (Fsp3) is 0.467. The van der Waals surface area contributed by atoms with Crippen LogP contribution in [0.4, 0.5) is 4.79 Å². The number of imide groups is 1. The summed E-state index contributed by atoms with van der Waals surface area (Å²) in [4.78, 5) is 24.1. The summed E-state index contributed by atoms with van der Waals surface area (Å²) in [5.74, 6) is -0.442. The molecule has 25 heavy (non-hydrogen) atoms. The van der Waals surface area contributed by atoms with Crippen LogP contribution in [0.2, 0.25) is 5.02 Å². The molecule has 1 aromatic rings. The van der Waals surface area contributed by atoms with Crippen molar-refractivity contribution in [3.63, 3.8) is 0 Å². The summed E-state index contributed by atoms with van der Waals surface area (Å²) in [6.45, 7) is 3.47. The highest BCUT2D eigenvalue weighted by atomic mass is 35.5. The molecule has 2 rings (SSSR count). The number of hydrogen-bond donors (Lipinski definition) is 2. The van der Waals surface area contributed by atoms with Crippen molar-refractivity contribution in [2.75, 3.05) is 39.3 Å². The molecule has 138 valence electrons. The van der Waals surface area contributed by atoms with E-state index < -0.39 is 22.0 Å². The fourth-order valence-electron chi connectivity index (χ4n) is 2.53. The largest absolute Gasteiger partial charge is 0.450 e. The van der Waals surface area contributed by atoms with E-state index in [0.29, 0.717) is 31.2 Å². The summed E-state index contributed by atoms with van der Waals surface area (Å²) in [5.41, 5.74) is 0. The van der Waals surface area contributed by atoms with Crippen LogP contribution in [-0.2, 0) is 19.6 Å². The van der Waals surface area contributed by atoms with E-state index >= 15 is 0 Å². The first-order valence-electron chi connectivity index (χ1n) is 7.89. The molecule has 0 aliphatic carbocycles. The lowest BCUT2D eigenvalue weighted by Gasteiger charge is -2.31. The molecule has 0 aromatic heterocycles. The second kappa shape index (κ2) is 8.61. The van der Waals surface area contributed by atoms with Gasteiger partial charge in [0, 0.05) is 5.02 Å². The van der Waals surface area contributed by atoms with E-state index in [0.717, 1.165) is 4.90 Å². The number of carbonyl (C=O) groups is 2. The lowest BCUT2D eigenvalue weighted by atomic mass is 10.3. The van der Waals surface area contributed by atoms with Gasteiger partial charge in [0.05, 0.1) is 37.7 Å². The minimum atomic E-state index is -3.57. The zero-order chi connectivity index (χ0) is 18.4. The van der Waals surface area contributed by atoms with Gasteiger partial charge < -0.3 is 9.64 Å². The predicted octanol–water partition coefficient (Wildman–Crippen LogP) is -0.498. The second-order valence-corrected chi connectivity index (χ2v) is 7.93. The molecule has 0 bridgehead atoms. The molecule has 1 aromatic carbocycles. The number of rotatable bonds is 5. The first-order chi connectivity index (χ1) is 11.8. The normalized spacial score (nSPS) is 16.4. The van der Waals surface area contributed by atoms with Crippen molar-refractivity contribution in [3.05, 3.63) is 29.3 Å². The van der Waals surface area contributed by atoms with Crippen LogP contribution in [0.5, 0.6) is 0 Å². The molecule has 0 unspecified atom stereocenters. The van der Waals surface area contributed by atoms with Crippen LogP contribution in [0.15, 0.2) is 29.2 Å². The van der Waals surface area contributed by atoms with E-state index in [1.165, 1.54) is 28.6 Å². The molecule has 0 atom stereocenters. The number of halogens is 1. The Morgan fingerprint density at radius 3 is 2.40 bits per heavy atom. The zero-order valence-electron chi connectivity index (χ0n) is 13.8. The Labute approximate surface area is 151 Å². The number of amides is 2. The molecule has 0 spiro atoms. The second-order valence-electron chi connectivity index (χ2n) is 5.55. The molecule has 1 saturated heterocycles. The van der Waals surface area contributed by atoms with Crippen molar-refractivity contribution in [2.45, 2.75) is 11.8 Å². The SMILES string of the molecule is CCOC(=O)NC(=O)C[NH+]1CCN(S(=O)(=O)c2ccc(Cl)cc2)CC1. The number of nitrogens with zero attached hydrogens (tertiary/aromatic N) is 1. The number of carbonyl (C=O) groups excluding carboxylic acids is 2. The third-order valence-electron chi connectivity index (χ3n) is 3.81. The van der Waals surface area contributed by atoms with Gasteiger partial charge in [-0.1, -0.05) is 11.6 Å². The topological polar surface area (TPSA) is 97.2 Å². The Kier molecular flexibility index (Phi) is 6.77. The van der Waals surface area contributed by atoms with Crippen molar-refractivity contribution >= 4 is 33.6 Å². The van der Waals surface area contributed by atoms with Gasteiger partial charge in [0.2, 0.25) is 10.0 Å². The lowest BCUT2D eigenvalue weighted by Crippen LogP contribution is -3.15. The van der Waals surface area contributed by atoms with E-state index in [1.54, 1.807) is 6.92 Å². The van der Waals surface area contributed by atoms with Gasteiger partial charge in [-0.3, -0.25) is 10.1 Å². The van der Waals surface area contributed by atoms with Gasteiger partial charge in [0.15, 0.2) is 6.54 Å². The Morgan fingerprint density at radius 2 is 1.84 bits per heavy atom. The van der Waals surface area contributed by atoms with Gasteiger partial charge >= 0.3 is 6.09 Å². The molecule has 1 aliphatic heterocycles. The highest BCUT2D eigenvalue weighted by molar-refractivity contribution is 7.89. The summed E-state index contributed by atoms with van der Waals surface area (Å²) in [7, 11) is -3.57. The molecule has 8 nitrogen and oxygen atoms in total. The quantitative estimate of drug-likeness (QED) is 0.706. The maximum absolute atomic E-state index is 12.6. The molecule has 0 radical (unpaired) electrons. The highest BCUT2D eigenvalue weighted by Crippen LogP contribution is 2.18. The third-order valence-corrected chi connectivity index (χ3v) is 5.97. The van der Waals surface area contributed by atoms with Crippen molar-refractivity contribution in [1.82, 2.24) is 9.62 Å². The molecule has 10 heteroatoms. The Balaban J connectivity index is 1.87. The number of ether oxygens (including phenoxy) is 1. The average molecular weight is 391 g/mol. The van der Waals surface area contributed by atoms with Gasteiger partial charge in [-0.2, -0.15) is 4.31 Å². The molecular weight excluding hydrogens is 370 g/mol. The maximum Gasteiger partial charge on any atom is 0.414 e. The summed E-state index contributed by atoms with van der Waals surface area (Å²) < 4.78 is 31.2. The zero-order valence-corrected chi connectivity index (χ0v) is 15.4. The van der Waals surface area contributed by atoms with Crippen LogP contribution >= 0.6 is 11.6 Å². The van der Waals surface area contributed by atoms with Crippen LogP contribution in [-0.4, -0.2) is 64.1 Å². The average Bonchev–Trinajstić information content (AvgIpc) is 2.55. The number of alkyl carbamates (subject to hydrolysis) is 1. The number of nitrogens with one attached hydrogen (secondary N) is 2. The first-order valence-corrected chi connectivity index (χ1v) is 9.70. The molecule has 1 heterocycles. The van der Waals surface area contributed by atoms with Crippen LogP contribution in [0, 0.1) is 0 Å². The monoisotopic (exact) mass is 390 g/mol. The van der Waals surface area contributed by atoms with Gasteiger partial charge in [-0.05, 0) is 31.2 Å². The first kappa shape index (κ1) is 19.6. The summed E-state index contributed by atoms with van der Waals surface area (Å²) in [5, 5.41) is 2.61. The minimum absolute atomic E-state index is 0.0909. The maximum atomic E-state index is 12.6. The number of piperazine rings is 1. The molecule has 1 fully saturated rings. The van der Waals surface area contributed by atoms with Gasteiger partial charge in [0.25, 0.3) is 5.91 Å². The van der Waals surface area contributed by atoms with Crippen molar-refractivity contribution < 1.29 is 27.6 Å². The number of quaternary nitrogens is 1. The Bertz CT molecular complexity index is 715. The summed E-state index contributed by atoms with van der Waals surface area (Å²) in [6.07, 6.45) is -0.768.